The third-order valence-electron chi connectivity index (χ3n) is 2.95. The van der Waals surface area contributed by atoms with E-state index in [1.807, 2.05) is 38.2 Å². The van der Waals surface area contributed by atoms with Crippen LogP contribution in [0.3, 0.4) is 0 Å². The van der Waals surface area contributed by atoms with Crippen molar-refractivity contribution in [3.05, 3.63) is 29.8 Å². The van der Waals surface area contributed by atoms with Gasteiger partial charge in [0.05, 0.1) is 6.04 Å². The number of nitrogens with zero attached hydrogens (tertiary/aromatic N) is 1. The van der Waals surface area contributed by atoms with E-state index in [9.17, 15) is 4.79 Å². The van der Waals surface area contributed by atoms with Gasteiger partial charge in [0, 0.05) is 19.2 Å². The number of anilines is 1. The largest absolute Gasteiger partial charge is 0.399 e. The summed E-state index contributed by atoms with van der Waals surface area (Å²) < 4.78 is 0. The van der Waals surface area contributed by atoms with E-state index in [2.05, 4.69) is 13.8 Å². The molecule has 0 bridgehead atoms. The number of hydrogen-bond donors (Lipinski definition) is 1. The fourth-order valence-corrected chi connectivity index (χ4v) is 1.75. The summed E-state index contributed by atoms with van der Waals surface area (Å²) in [5.74, 6) is 0.563. The molecule has 1 unspecified atom stereocenters. The van der Waals surface area contributed by atoms with Gasteiger partial charge in [-0.1, -0.05) is 26.0 Å². The molecule has 94 valence electrons. The van der Waals surface area contributed by atoms with Crippen molar-refractivity contribution < 1.29 is 4.79 Å². The molecule has 0 aliphatic rings. The average molecular weight is 234 g/mol. The topological polar surface area (TPSA) is 46.3 Å². The highest BCUT2D eigenvalue weighted by molar-refractivity contribution is 5.76. The van der Waals surface area contributed by atoms with Gasteiger partial charge in [0.1, 0.15) is 0 Å². The molecule has 17 heavy (non-hydrogen) atoms. The summed E-state index contributed by atoms with van der Waals surface area (Å²) in [5, 5.41) is 0. The highest BCUT2D eigenvalue weighted by atomic mass is 16.2. The minimum absolute atomic E-state index is 0.0600. The maximum absolute atomic E-state index is 11.9. The summed E-state index contributed by atoms with van der Waals surface area (Å²) >= 11 is 0. The van der Waals surface area contributed by atoms with E-state index in [0.29, 0.717) is 12.3 Å². The highest BCUT2D eigenvalue weighted by Gasteiger charge is 2.18. The normalized spacial score (nSPS) is 12.5. The number of rotatable bonds is 4. The fourth-order valence-electron chi connectivity index (χ4n) is 1.75. The first-order chi connectivity index (χ1) is 7.91. The van der Waals surface area contributed by atoms with Crippen LogP contribution in [0.15, 0.2) is 24.3 Å². The molecule has 0 radical (unpaired) electrons. The zero-order valence-electron chi connectivity index (χ0n) is 11.1. The SMILES string of the molecule is CC(C)CC(=O)N(C)C(C)c1cccc(N)c1. The fraction of sp³-hybridized carbons (Fsp3) is 0.500. The number of nitrogens with two attached hydrogens (primary N) is 1. The third kappa shape index (κ3) is 3.77. The van der Waals surface area contributed by atoms with Crippen molar-refractivity contribution in [3.63, 3.8) is 0 Å². The standard InChI is InChI=1S/C14H22N2O/c1-10(2)8-14(17)16(4)11(3)12-6-5-7-13(15)9-12/h5-7,9-11H,8,15H2,1-4H3. The number of hydrogen-bond acceptors (Lipinski definition) is 2. The zero-order valence-corrected chi connectivity index (χ0v) is 11.1. The lowest BCUT2D eigenvalue weighted by atomic mass is 10.0. The number of nitrogen functional groups attached to an aromatic ring is 1. The van der Waals surface area contributed by atoms with Crippen LogP contribution in [-0.4, -0.2) is 17.9 Å². The van der Waals surface area contributed by atoms with Crippen molar-refractivity contribution >= 4 is 11.6 Å². The second-order valence-electron chi connectivity index (χ2n) is 4.95. The smallest absolute Gasteiger partial charge is 0.223 e. The van der Waals surface area contributed by atoms with Gasteiger partial charge in [-0.15, -0.1) is 0 Å². The number of amides is 1. The Morgan fingerprint density at radius 1 is 1.35 bits per heavy atom. The van der Waals surface area contributed by atoms with Crippen LogP contribution >= 0.6 is 0 Å². The zero-order chi connectivity index (χ0) is 13.0. The first kappa shape index (κ1) is 13.6. The lowest BCUT2D eigenvalue weighted by Gasteiger charge is -2.26. The van der Waals surface area contributed by atoms with E-state index >= 15 is 0 Å². The second-order valence-corrected chi connectivity index (χ2v) is 4.95. The van der Waals surface area contributed by atoms with Crippen molar-refractivity contribution in [2.45, 2.75) is 33.2 Å². The summed E-state index contributed by atoms with van der Waals surface area (Å²) in [6.07, 6.45) is 0.586. The second kappa shape index (κ2) is 5.71. The van der Waals surface area contributed by atoms with Gasteiger partial charge in [0.2, 0.25) is 5.91 Å². The molecule has 0 saturated heterocycles. The molecule has 1 rings (SSSR count). The lowest BCUT2D eigenvalue weighted by molar-refractivity contribution is -0.132. The molecule has 1 amide bonds. The van der Waals surface area contributed by atoms with Crippen molar-refractivity contribution in [1.82, 2.24) is 4.90 Å². The summed E-state index contributed by atoms with van der Waals surface area (Å²) in [4.78, 5) is 13.7. The van der Waals surface area contributed by atoms with Gasteiger partial charge in [-0.05, 0) is 30.5 Å². The van der Waals surface area contributed by atoms with Crippen molar-refractivity contribution in [1.29, 1.82) is 0 Å². The maximum Gasteiger partial charge on any atom is 0.223 e. The first-order valence-corrected chi connectivity index (χ1v) is 6.03. The third-order valence-corrected chi connectivity index (χ3v) is 2.95. The molecule has 0 spiro atoms. The Labute approximate surface area is 104 Å². The predicted molar refractivity (Wildman–Crippen MR) is 71.5 cm³/mol. The predicted octanol–water partition coefficient (Wildman–Crippen LogP) is 2.83. The van der Waals surface area contributed by atoms with E-state index in [1.165, 1.54) is 0 Å². The van der Waals surface area contributed by atoms with E-state index < -0.39 is 0 Å². The Morgan fingerprint density at radius 2 is 2.00 bits per heavy atom. The van der Waals surface area contributed by atoms with Crippen LogP contribution in [0, 0.1) is 5.92 Å². The molecule has 0 saturated carbocycles. The minimum Gasteiger partial charge on any atom is -0.399 e. The van der Waals surface area contributed by atoms with Gasteiger partial charge in [0.15, 0.2) is 0 Å². The molecule has 0 fully saturated rings. The molecule has 0 aliphatic carbocycles. The number of carbonyl (C=O) groups excluding carboxylic acids is 1. The molecule has 2 N–H and O–H groups in total. The Morgan fingerprint density at radius 3 is 2.53 bits per heavy atom. The molecule has 1 aromatic rings. The monoisotopic (exact) mass is 234 g/mol. The molecular weight excluding hydrogens is 212 g/mol. The summed E-state index contributed by atoms with van der Waals surface area (Å²) in [6.45, 7) is 6.13. The van der Waals surface area contributed by atoms with Crippen LogP contribution in [0.4, 0.5) is 5.69 Å². The van der Waals surface area contributed by atoms with Crippen LogP contribution < -0.4 is 5.73 Å². The molecule has 0 aromatic heterocycles. The quantitative estimate of drug-likeness (QED) is 0.814. The molecule has 3 nitrogen and oxygen atoms in total. The van der Waals surface area contributed by atoms with Crippen LogP contribution in [0.1, 0.15) is 38.8 Å². The van der Waals surface area contributed by atoms with Crippen LogP contribution in [-0.2, 0) is 4.79 Å². The minimum atomic E-state index is 0.0600. The van der Waals surface area contributed by atoms with Crippen LogP contribution in [0.5, 0.6) is 0 Å². The molecule has 1 atom stereocenters. The van der Waals surface area contributed by atoms with Crippen molar-refractivity contribution in [2.75, 3.05) is 12.8 Å². The van der Waals surface area contributed by atoms with Gasteiger partial charge in [-0.2, -0.15) is 0 Å². The average Bonchev–Trinajstić information content (AvgIpc) is 2.26. The van der Waals surface area contributed by atoms with E-state index in [1.54, 1.807) is 4.90 Å². The molecule has 0 aliphatic heterocycles. The van der Waals surface area contributed by atoms with E-state index in [-0.39, 0.29) is 11.9 Å². The van der Waals surface area contributed by atoms with Crippen LogP contribution in [0.25, 0.3) is 0 Å². The van der Waals surface area contributed by atoms with Gasteiger partial charge in [0.25, 0.3) is 0 Å². The highest BCUT2D eigenvalue weighted by Crippen LogP contribution is 2.21. The number of benzene rings is 1. The Bertz CT molecular complexity index is 388. The lowest BCUT2D eigenvalue weighted by Crippen LogP contribution is -2.30. The summed E-state index contributed by atoms with van der Waals surface area (Å²) in [5.41, 5.74) is 7.56. The molecule has 1 aromatic carbocycles. The van der Waals surface area contributed by atoms with Crippen molar-refractivity contribution in [2.24, 2.45) is 5.92 Å². The van der Waals surface area contributed by atoms with E-state index in [4.69, 9.17) is 5.73 Å². The molecular formula is C14H22N2O. The van der Waals surface area contributed by atoms with Gasteiger partial charge in [-0.3, -0.25) is 4.79 Å². The number of carbonyl (C=O) groups is 1. The Kier molecular flexibility index (Phi) is 4.55. The van der Waals surface area contributed by atoms with E-state index in [0.717, 1.165) is 11.3 Å². The molecule has 3 heteroatoms. The van der Waals surface area contributed by atoms with Crippen LogP contribution in [0.2, 0.25) is 0 Å². The Balaban J connectivity index is 2.75. The van der Waals surface area contributed by atoms with Crippen molar-refractivity contribution in [3.8, 4) is 0 Å². The van der Waals surface area contributed by atoms with Gasteiger partial charge < -0.3 is 10.6 Å². The maximum atomic E-state index is 11.9. The van der Waals surface area contributed by atoms with Gasteiger partial charge >= 0.3 is 0 Å². The summed E-state index contributed by atoms with van der Waals surface area (Å²) in [6, 6.07) is 7.75. The van der Waals surface area contributed by atoms with Gasteiger partial charge in [-0.25, -0.2) is 0 Å². The Hall–Kier alpha value is -1.51. The molecule has 0 heterocycles. The summed E-state index contributed by atoms with van der Waals surface area (Å²) in [7, 11) is 1.85. The first-order valence-electron chi connectivity index (χ1n) is 6.03.